The molecule has 1 aromatic heterocycles. The number of morpholine rings is 1. The highest BCUT2D eigenvalue weighted by molar-refractivity contribution is 5.48. The monoisotopic (exact) mass is 273 g/mol. The summed E-state index contributed by atoms with van der Waals surface area (Å²) >= 11 is 0. The zero-order valence-corrected chi connectivity index (χ0v) is 12.1. The lowest BCUT2D eigenvalue weighted by Crippen LogP contribution is -2.43. The SMILES string of the molecule is Cc1cc(CNC2CC2)cnc1N1CC2CCC(C1)O2. The summed E-state index contributed by atoms with van der Waals surface area (Å²) in [7, 11) is 0. The normalized spacial score (nSPS) is 28.9. The highest BCUT2D eigenvalue weighted by Gasteiger charge is 2.34. The molecule has 3 fully saturated rings. The van der Waals surface area contributed by atoms with Crippen LogP contribution in [-0.4, -0.2) is 36.3 Å². The van der Waals surface area contributed by atoms with Gasteiger partial charge in [-0.3, -0.25) is 0 Å². The molecule has 4 heteroatoms. The second-order valence-electron chi connectivity index (χ2n) is 6.50. The van der Waals surface area contributed by atoms with E-state index in [1.807, 2.05) is 6.20 Å². The summed E-state index contributed by atoms with van der Waals surface area (Å²) in [6.07, 6.45) is 7.97. The number of aromatic nitrogens is 1. The molecule has 0 radical (unpaired) electrons. The third kappa shape index (κ3) is 2.54. The second kappa shape index (κ2) is 5.01. The Kier molecular flexibility index (Phi) is 3.15. The first kappa shape index (κ1) is 12.6. The average molecular weight is 273 g/mol. The largest absolute Gasteiger partial charge is 0.371 e. The minimum atomic E-state index is 0.422. The van der Waals surface area contributed by atoms with Gasteiger partial charge in [-0.1, -0.05) is 0 Å². The van der Waals surface area contributed by atoms with Crippen LogP contribution in [0.25, 0.3) is 0 Å². The van der Waals surface area contributed by atoms with E-state index in [2.05, 4.69) is 23.2 Å². The summed E-state index contributed by atoms with van der Waals surface area (Å²) in [5.41, 5.74) is 2.59. The molecular weight excluding hydrogens is 250 g/mol. The van der Waals surface area contributed by atoms with Crippen LogP contribution in [-0.2, 0) is 11.3 Å². The Labute approximate surface area is 120 Å². The van der Waals surface area contributed by atoms with Gasteiger partial charge in [0, 0.05) is 31.9 Å². The molecule has 20 heavy (non-hydrogen) atoms. The van der Waals surface area contributed by atoms with Gasteiger partial charge in [0.15, 0.2) is 0 Å². The van der Waals surface area contributed by atoms with Gasteiger partial charge in [-0.15, -0.1) is 0 Å². The van der Waals surface area contributed by atoms with Crippen molar-refractivity contribution in [2.45, 2.75) is 57.4 Å². The van der Waals surface area contributed by atoms with E-state index in [9.17, 15) is 0 Å². The molecule has 3 aliphatic rings. The van der Waals surface area contributed by atoms with Crippen LogP contribution in [0.3, 0.4) is 0 Å². The maximum Gasteiger partial charge on any atom is 0.131 e. The third-order valence-corrected chi connectivity index (χ3v) is 4.62. The highest BCUT2D eigenvalue weighted by Crippen LogP contribution is 2.30. The van der Waals surface area contributed by atoms with E-state index in [1.165, 1.54) is 36.8 Å². The number of nitrogens with zero attached hydrogens (tertiary/aromatic N) is 2. The van der Waals surface area contributed by atoms with E-state index in [-0.39, 0.29) is 0 Å². The van der Waals surface area contributed by atoms with E-state index in [4.69, 9.17) is 9.72 Å². The van der Waals surface area contributed by atoms with Crippen LogP contribution < -0.4 is 10.2 Å². The summed E-state index contributed by atoms with van der Waals surface area (Å²) in [6, 6.07) is 3.04. The lowest BCUT2D eigenvalue weighted by molar-refractivity contribution is 0.0302. The molecule has 2 saturated heterocycles. The van der Waals surface area contributed by atoms with Gasteiger partial charge in [0.1, 0.15) is 5.82 Å². The quantitative estimate of drug-likeness (QED) is 0.910. The molecule has 0 amide bonds. The van der Waals surface area contributed by atoms with E-state index in [1.54, 1.807) is 0 Å². The Hall–Kier alpha value is -1.13. The number of nitrogens with one attached hydrogen (secondary N) is 1. The third-order valence-electron chi connectivity index (χ3n) is 4.62. The molecule has 2 aliphatic heterocycles. The van der Waals surface area contributed by atoms with Crippen LogP contribution in [0.2, 0.25) is 0 Å². The molecule has 2 unspecified atom stereocenters. The fraction of sp³-hybridized carbons (Fsp3) is 0.688. The smallest absolute Gasteiger partial charge is 0.131 e. The molecule has 4 nitrogen and oxygen atoms in total. The van der Waals surface area contributed by atoms with Crippen LogP contribution in [0.15, 0.2) is 12.3 Å². The number of fused-ring (bicyclic) bond motifs is 2. The van der Waals surface area contributed by atoms with Crippen molar-refractivity contribution in [2.24, 2.45) is 0 Å². The van der Waals surface area contributed by atoms with Crippen LogP contribution in [0.4, 0.5) is 5.82 Å². The number of rotatable bonds is 4. The molecule has 3 heterocycles. The van der Waals surface area contributed by atoms with Crippen molar-refractivity contribution in [3.8, 4) is 0 Å². The minimum absolute atomic E-state index is 0.422. The second-order valence-corrected chi connectivity index (χ2v) is 6.50. The summed E-state index contributed by atoms with van der Waals surface area (Å²) in [5.74, 6) is 1.15. The van der Waals surface area contributed by atoms with Crippen molar-refractivity contribution in [1.82, 2.24) is 10.3 Å². The Morgan fingerprint density at radius 3 is 2.65 bits per heavy atom. The van der Waals surface area contributed by atoms with Gasteiger partial charge in [-0.25, -0.2) is 4.98 Å². The number of aryl methyl sites for hydroxylation is 1. The van der Waals surface area contributed by atoms with E-state index < -0.39 is 0 Å². The van der Waals surface area contributed by atoms with Crippen molar-refractivity contribution >= 4 is 5.82 Å². The zero-order chi connectivity index (χ0) is 13.5. The van der Waals surface area contributed by atoms with Crippen LogP contribution in [0.5, 0.6) is 0 Å². The number of hydrogen-bond acceptors (Lipinski definition) is 4. The summed E-state index contributed by atoms with van der Waals surface area (Å²) in [4.78, 5) is 7.14. The maximum atomic E-state index is 5.90. The number of ether oxygens (including phenoxy) is 1. The Balaban J connectivity index is 1.47. The van der Waals surface area contributed by atoms with Gasteiger partial charge < -0.3 is 15.0 Å². The maximum absolute atomic E-state index is 5.90. The van der Waals surface area contributed by atoms with Crippen molar-refractivity contribution < 1.29 is 4.74 Å². The van der Waals surface area contributed by atoms with Gasteiger partial charge in [0.2, 0.25) is 0 Å². The molecule has 2 atom stereocenters. The Morgan fingerprint density at radius 2 is 2.00 bits per heavy atom. The average Bonchev–Trinajstić information content (AvgIpc) is 3.21. The van der Waals surface area contributed by atoms with Gasteiger partial charge >= 0.3 is 0 Å². The molecule has 0 spiro atoms. The molecule has 1 N–H and O–H groups in total. The first-order valence-corrected chi connectivity index (χ1v) is 7.87. The van der Waals surface area contributed by atoms with Gasteiger partial charge in [0.25, 0.3) is 0 Å². The first-order valence-electron chi connectivity index (χ1n) is 7.87. The van der Waals surface area contributed by atoms with E-state index in [0.29, 0.717) is 12.2 Å². The van der Waals surface area contributed by atoms with Crippen LogP contribution >= 0.6 is 0 Å². The van der Waals surface area contributed by atoms with Crippen molar-refractivity contribution in [3.05, 3.63) is 23.4 Å². The molecule has 4 rings (SSSR count). The fourth-order valence-corrected chi connectivity index (χ4v) is 3.39. The van der Waals surface area contributed by atoms with E-state index >= 15 is 0 Å². The van der Waals surface area contributed by atoms with E-state index in [0.717, 1.165) is 31.5 Å². The number of anilines is 1. The summed E-state index contributed by atoms with van der Waals surface area (Å²) in [5, 5.41) is 3.55. The molecule has 1 saturated carbocycles. The first-order chi connectivity index (χ1) is 9.78. The molecule has 1 aliphatic carbocycles. The van der Waals surface area contributed by atoms with Crippen LogP contribution in [0.1, 0.15) is 36.8 Å². The minimum Gasteiger partial charge on any atom is -0.371 e. The molecular formula is C16H23N3O. The number of hydrogen-bond donors (Lipinski definition) is 1. The molecule has 0 aromatic carbocycles. The molecule has 2 bridgehead atoms. The topological polar surface area (TPSA) is 37.4 Å². The van der Waals surface area contributed by atoms with Gasteiger partial charge in [-0.2, -0.15) is 0 Å². The lowest BCUT2D eigenvalue weighted by atomic mass is 10.1. The molecule has 1 aromatic rings. The van der Waals surface area contributed by atoms with Gasteiger partial charge in [-0.05, 0) is 49.8 Å². The van der Waals surface area contributed by atoms with Crippen molar-refractivity contribution in [2.75, 3.05) is 18.0 Å². The predicted octanol–water partition coefficient (Wildman–Crippen LogP) is 2.01. The van der Waals surface area contributed by atoms with Gasteiger partial charge in [0.05, 0.1) is 12.2 Å². The summed E-state index contributed by atoms with van der Waals surface area (Å²) in [6.45, 7) is 5.14. The fourth-order valence-electron chi connectivity index (χ4n) is 3.39. The Morgan fingerprint density at radius 1 is 1.25 bits per heavy atom. The zero-order valence-electron chi connectivity index (χ0n) is 12.1. The standard InChI is InChI=1S/C16H23N3O/c1-11-6-12(7-17-13-2-3-13)8-18-16(11)19-9-14-4-5-15(10-19)20-14/h6,8,13-15,17H,2-5,7,9-10H2,1H3. The van der Waals surface area contributed by atoms with Crippen molar-refractivity contribution in [3.63, 3.8) is 0 Å². The molecule has 108 valence electrons. The van der Waals surface area contributed by atoms with Crippen molar-refractivity contribution in [1.29, 1.82) is 0 Å². The summed E-state index contributed by atoms with van der Waals surface area (Å²) < 4.78 is 5.90. The Bertz CT molecular complexity index is 488. The number of pyridine rings is 1. The predicted molar refractivity (Wildman–Crippen MR) is 78.9 cm³/mol. The van der Waals surface area contributed by atoms with Crippen LogP contribution in [0, 0.1) is 6.92 Å². The highest BCUT2D eigenvalue weighted by atomic mass is 16.5. The lowest BCUT2D eigenvalue weighted by Gasteiger charge is -2.33.